The molecule has 1 heterocycles. The summed E-state index contributed by atoms with van der Waals surface area (Å²) in [7, 11) is 1.64. The predicted molar refractivity (Wildman–Crippen MR) is 108 cm³/mol. The smallest absolute Gasteiger partial charge is 0.316 e. The van der Waals surface area contributed by atoms with E-state index in [0.717, 1.165) is 25.3 Å². The number of hydrogen-bond acceptors (Lipinski definition) is 3. The summed E-state index contributed by atoms with van der Waals surface area (Å²) < 4.78 is 0. The van der Waals surface area contributed by atoms with E-state index in [1.165, 1.54) is 10.5 Å². The van der Waals surface area contributed by atoms with Crippen LogP contribution in [0.5, 0.6) is 0 Å². The van der Waals surface area contributed by atoms with Gasteiger partial charge in [0.25, 0.3) is 0 Å². The third-order valence-corrected chi connectivity index (χ3v) is 4.76. The number of carbonyl (C=O) groups is 2. The van der Waals surface area contributed by atoms with Gasteiger partial charge in [-0.1, -0.05) is 60.7 Å². The number of para-hydroxylation sites is 1. The van der Waals surface area contributed by atoms with Crippen LogP contribution >= 0.6 is 0 Å². The second-order valence-electron chi connectivity index (χ2n) is 6.61. The van der Waals surface area contributed by atoms with Gasteiger partial charge in [-0.2, -0.15) is 0 Å². The number of hydrogen-bond donors (Lipinski definition) is 0. The lowest BCUT2D eigenvalue weighted by Gasteiger charge is -2.34. The predicted octanol–water partition coefficient (Wildman–Crippen LogP) is 2.51. The van der Waals surface area contributed by atoms with E-state index >= 15 is 0 Å². The van der Waals surface area contributed by atoms with E-state index in [1.807, 2.05) is 48.5 Å². The molecule has 5 heteroatoms. The lowest BCUT2D eigenvalue weighted by molar-refractivity contribution is -0.145. The molecular formula is C22H25N3O2. The van der Waals surface area contributed by atoms with Gasteiger partial charge in [0.15, 0.2) is 0 Å². The van der Waals surface area contributed by atoms with E-state index in [1.54, 1.807) is 11.9 Å². The lowest BCUT2D eigenvalue weighted by atomic mass is 10.2. The van der Waals surface area contributed by atoms with Crippen LogP contribution in [0.3, 0.4) is 0 Å². The number of carbonyl (C=O) groups excluding carboxylic acids is 2. The number of amides is 2. The number of piperazine rings is 1. The molecule has 2 aromatic carbocycles. The van der Waals surface area contributed by atoms with Crippen molar-refractivity contribution in [1.82, 2.24) is 9.80 Å². The molecule has 0 spiro atoms. The van der Waals surface area contributed by atoms with Crippen LogP contribution in [0.2, 0.25) is 0 Å². The lowest BCUT2D eigenvalue weighted by Crippen LogP contribution is -2.52. The molecule has 1 aliphatic heterocycles. The number of likely N-dealkylation sites (N-methyl/N-ethyl adjacent to an activating group) is 1. The summed E-state index contributed by atoms with van der Waals surface area (Å²) in [4.78, 5) is 30.3. The van der Waals surface area contributed by atoms with Crippen LogP contribution in [0, 0.1) is 0 Å². The highest BCUT2D eigenvalue weighted by Crippen LogP contribution is 2.13. The van der Waals surface area contributed by atoms with Crippen LogP contribution in [-0.2, 0) is 9.59 Å². The molecule has 0 bridgehead atoms. The second kappa shape index (κ2) is 9.14. The molecule has 140 valence electrons. The molecule has 0 saturated carbocycles. The van der Waals surface area contributed by atoms with Gasteiger partial charge in [-0.25, -0.2) is 0 Å². The van der Waals surface area contributed by atoms with Crippen molar-refractivity contribution in [2.75, 3.05) is 44.7 Å². The second-order valence-corrected chi connectivity index (χ2v) is 6.61. The number of rotatable bonds is 4. The molecule has 3 rings (SSSR count). The third-order valence-electron chi connectivity index (χ3n) is 4.76. The van der Waals surface area contributed by atoms with E-state index < -0.39 is 11.8 Å². The zero-order chi connectivity index (χ0) is 19.1. The van der Waals surface area contributed by atoms with E-state index in [9.17, 15) is 9.59 Å². The monoisotopic (exact) mass is 363 g/mol. The van der Waals surface area contributed by atoms with Crippen molar-refractivity contribution < 1.29 is 9.59 Å². The Bertz CT molecular complexity index is 782. The average molecular weight is 363 g/mol. The van der Waals surface area contributed by atoms with Crippen LogP contribution in [0.4, 0.5) is 5.69 Å². The van der Waals surface area contributed by atoms with E-state index in [0.29, 0.717) is 13.1 Å². The minimum atomic E-state index is -0.487. The maximum absolute atomic E-state index is 12.5. The summed E-state index contributed by atoms with van der Waals surface area (Å²) in [6, 6.07) is 19.4. The first-order valence-electron chi connectivity index (χ1n) is 9.21. The van der Waals surface area contributed by atoms with E-state index in [-0.39, 0.29) is 0 Å². The first-order chi connectivity index (χ1) is 13.1. The normalized spacial score (nSPS) is 15.1. The van der Waals surface area contributed by atoms with Crippen molar-refractivity contribution in [3.8, 4) is 0 Å². The summed E-state index contributed by atoms with van der Waals surface area (Å²) in [5, 5.41) is 0. The summed E-state index contributed by atoms with van der Waals surface area (Å²) in [5.41, 5.74) is 1.90. The Balaban J connectivity index is 1.47. The first kappa shape index (κ1) is 18.9. The Kier molecular flexibility index (Phi) is 6.39. The number of benzene rings is 2. The molecule has 27 heavy (non-hydrogen) atoms. The van der Waals surface area contributed by atoms with Gasteiger partial charge in [-0.3, -0.25) is 14.5 Å². The average Bonchev–Trinajstić information content (AvgIpc) is 2.74. The van der Waals surface area contributed by atoms with Crippen molar-refractivity contribution in [2.24, 2.45) is 0 Å². The number of anilines is 1. The Labute approximate surface area is 160 Å². The molecule has 0 aliphatic carbocycles. The van der Waals surface area contributed by atoms with Crippen molar-refractivity contribution in [3.05, 3.63) is 72.3 Å². The summed E-state index contributed by atoms with van der Waals surface area (Å²) in [5.74, 6) is -0.917. The van der Waals surface area contributed by atoms with Gasteiger partial charge in [-0.05, 0) is 17.7 Å². The molecule has 5 nitrogen and oxygen atoms in total. The highest BCUT2D eigenvalue weighted by Gasteiger charge is 2.28. The van der Waals surface area contributed by atoms with Gasteiger partial charge < -0.3 is 9.80 Å². The summed E-state index contributed by atoms with van der Waals surface area (Å²) in [6.45, 7) is 3.54. The minimum Gasteiger partial charge on any atom is -0.332 e. The van der Waals surface area contributed by atoms with Crippen molar-refractivity contribution in [2.45, 2.75) is 0 Å². The van der Waals surface area contributed by atoms with Gasteiger partial charge in [0.2, 0.25) is 0 Å². The molecular weight excluding hydrogens is 338 g/mol. The molecule has 0 radical (unpaired) electrons. The molecule has 1 saturated heterocycles. The fourth-order valence-electron chi connectivity index (χ4n) is 3.08. The zero-order valence-corrected chi connectivity index (χ0v) is 15.6. The maximum Gasteiger partial charge on any atom is 0.316 e. The largest absolute Gasteiger partial charge is 0.332 e. The fourth-order valence-corrected chi connectivity index (χ4v) is 3.08. The Morgan fingerprint density at radius 1 is 0.926 bits per heavy atom. The van der Waals surface area contributed by atoms with Crippen LogP contribution < -0.4 is 4.90 Å². The SMILES string of the molecule is CN(C(=O)C(=O)N1CCN(C/C=C/c2ccccc2)CC1)c1ccccc1. The first-order valence-corrected chi connectivity index (χ1v) is 9.21. The summed E-state index contributed by atoms with van der Waals surface area (Å²) >= 11 is 0. The van der Waals surface area contributed by atoms with Crippen LogP contribution in [0.25, 0.3) is 6.08 Å². The Hall–Kier alpha value is -2.92. The molecule has 1 aliphatic rings. The van der Waals surface area contributed by atoms with Crippen LogP contribution in [0.15, 0.2) is 66.7 Å². The van der Waals surface area contributed by atoms with Gasteiger partial charge in [0.1, 0.15) is 0 Å². The molecule has 0 unspecified atom stereocenters. The van der Waals surface area contributed by atoms with Gasteiger partial charge >= 0.3 is 11.8 Å². The number of nitrogens with zero attached hydrogens (tertiary/aromatic N) is 3. The molecule has 1 fully saturated rings. The minimum absolute atomic E-state index is 0.430. The fraction of sp³-hybridized carbons (Fsp3) is 0.273. The molecule has 2 aromatic rings. The standard InChI is InChI=1S/C22H25N3O2/c1-23(20-12-6-3-7-13-20)21(26)22(27)25-17-15-24(16-18-25)14-8-11-19-9-4-2-5-10-19/h2-13H,14-18H2,1H3/b11-8+. The maximum atomic E-state index is 12.5. The highest BCUT2D eigenvalue weighted by molar-refractivity contribution is 6.40. The molecule has 0 N–H and O–H groups in total. The van der Waals surface area contributed by atoms with Crippen LogP contribution in [0.1, 0.15) is 5.56 Å². The van der Waals surface area contributed by atoms with E-state index in [4.69, 9.17) is 0 Å². The zero-order valence-electron chi connectivity index (χ0n) is 15.6. The van der Waals surface area contributed by atoms with Crippen molar-refractivity contribution in [3.63, 3.8) is 0 Å². The van der Waals surface area contributed by atoms with Crippen LogP contribution in [-0.4, -0.2) is 61.4 Å². The van der Waals surface area contributed by atoms with E-state index in [2.05, 4.69) is 29.2 Å². The van der Waals surface area contributed by atoms with Gasteiger partial charge in [0, 0.05) is 45.5 Å². The third kappa shape index (κ3) is 5.05. The quantitative estimate of drug-likeness (QED) is 0.784. The Morgan fingerprint density at radius 2 is 1.52 bits per heavy atom. The van der Waals surface area contributed by atoms with Crippen molar-refractivity contribution >= 4 is 23.6 Å². The van der Waals surface area contributed by atoms with Gasteiger partial charge in [0.05, 0.1) is 0 Å². The summed E-state index contributed by atoms with van der Waals surface area (Å²) in [6.07, 6.45) is 4.25. The molecule has 2 amide bonds. The highest BCUT2D eigenvalue weighted by atomic mass is 16.2. The topological polar surface area (TPSA) is 43.9 Å². The Morgan fingerprint density at radius 3 is 2.15 bits per heavy atom. The van der Waals surface area contributed by atoms with Gasteiger partial charge in [-0.15, -0.1) is 0 Å². The van der Waals surface area contributed by atoms with Crippen molar-refractivity contribution in [1.29, 1.82) is 0 Å². The molecule has 0 atom stereocenters. The molecule has 0 aromatic heterocycles.